The zero-order valence-corrected chi connectivity index (χ0v) is 17.3. The molecule has 0 saturated heterocycles. The first-order chi connectivity index (χ1) is 14.4. The molecule has 4 rings (SSSR count). The Morgan fingerprint density at radius 2 is 1.87 bits per heavy atom. The predicted octanol–water partition coefficient (Wildman–Crippen LogP) is 3.43. The molecule has 0 spiro atoms. The van der Waals surface area contributed by atoms with Crippen LogP contribution >= 0.6 is 0 Å². The molecule has 9 heteroatoms. The Morgan fingerprint density at radius 1 is 1.07 bits per heavy atom. The van der Waals surface area contributed by atoms with Crippen LogP contribution in [-0.2, 0) is 16.5 Å². The van der Waals surface area contributed by atoms with Crippen molar-refractivity contribution in [3.05, 3.63) is 54.4 Å². The summed E-state index contributed by atoms with van der Waals surface area (Å²) in [7, 11) is -3.77. The number of nitrogen functional groups attached to an aromatic ring is 1. The number of nitrogens with one attached hydrogen (secondary N) is 1. The SMILES string of the molecule is CCc1nc2c([nH]1)c(N)nc1cc(OS(=O)(=O)CCCOc3ccccc3)ccc12. The van der Waals surface area contributed by atoms with Crippen LogP contribution in [0.4, 0.5) is 5.82 Å². The minimum absolute atomic E-state index is 0.161. The van der Waals surface area contributed by atoms with Gasteiger partial charge in [-0.15, -0.1) is 0 Å². The maximum Gasteiger partial charge on any atom is 0.309 e. The monoisotopic (exact) mass is 426 g/mol. The molecule has 0 radical (unpaired) electrons. The highest BCUT2D eigenvalue weighted by Gasteiger charge is 2.16. The number of para-hydroxylation sites is 1. The summed E-state index contributed by atoms with van der Waals surface area (Å²) in [6.45, 7) is 2.27. The van der Waals surface area contributed by atoms with Gasteiger partial charge < -0.3 is 19.6 Å². The molecule has 0 saturated carbocycles. The highest BCUT2D eigenvalue weighted by Crippen LogP contribution is 2.29. The van der Waals surface area contributed by atoms with Gasteiger partial charge in [0, 0.05) is 17.9 Å². The highest BCUT2D eigenvalue weighted by atomic mass is 32.2. The molecule has 0 aliphatic rings. The molecule has 0 bridgehead atoms. The summed E-state index contributed by atoms with van der Waals surface area (Å²) >= 11 is 0. The summed E-state index contributed by atoms with van der Waals surface area (Å²) in [6, 6.07) is 14.1. The van der Waals surface area contributed by atoms with E-state index in [2.05, 4.69) is 15.0 Å². The van der Waals surface area contributed by atoms with Crippen LogP contribution in [0.3, 0.4) is 0 Å². The minimum atomic E-state index is -3.77. The summed E-state index contributed by atoms with van der Waals surface area (Å²) < 4.78 is 35.4. The van der Waals surface area contributed by atoms with Crippen molar-refractivity contribution in [3.8, 4) is 11.5 Å². The summed E-state index contributed by atoms with van der Waals surface area (Å²) in [6.07, 6.45) is 1.05. The Morgan fingerprint density at radius 3 is 2.63 bits per heavy atom. The van der Waals surface area contributed by atoms with Gasteiger partial charge in [0.2, 0.25) is 0 Å². The quantitative estimate of drug-likeness (QED) is 0.327. The lowest BCUT2D eigenvalue weighted by atomic mass is 10.2. The van der Waals surface area contributed by atoms with Gasteiger partial charge in [-0.1, -0.05) is 25.1 Å². The van der Waals surface area contributed by atoms with Crippen molar-refractivity contribution < 1.29 is 17.3 Å². The van der Waals surface area contributed by atoms with Crippen LogP contribution in [0.15, 0.2) is 48.5 Å². The second-order valence-electron chi connectivity index (χ2n) is 6.80. The van der Waals surface area contributed by atoms with Crippen molar-refractivity contribution in [2.75, 3.05) is 18.1 Å². The number of anilines is 1. The number of benzene rings is 2. The van der Waals surface area contributed by atoms with Gasteiger partial charge in [0.1, 0.15) is 34.2 Å². The Balaban J connectivity index is 1.46. The van der Waals surface area contributed by atoms with E-state index in [9.17, 15) is 8.42 Å². The first-order valence-corrected chi connectivity index (χ1v) is 11.2. The van der Waals surface area contributed by atoms with Crippen molar-refractivity contribution in [3.63, 3.8) is 0 Å². The van der Waals surface area contributed by atoms with Crippen molar-refractivity contribution in [1.29, 1.82) is 0 Å². The van der Waals surface area contributed by atoms with Gasteiger partial charge in [-0.3, -0.25) is 0 Å². The van der Waals surface area contributed by atoms with E-state index in [1.807, 2.05) is 37.3 Å². The van der Waals surface area contributed by atoms with Gasteiger partial charge in [0.15, 0.2) is 0 Å². The van der Waals surface area contributed by atoms with E-state index in [1.54, 1.807) is 18.2 Å². The van der Waals surface area contributed by atoms with Crippen LogP contribution in [-0.4, -0.2) is 35.7 Å². The number of fused-ring (bicyclic) bond motifs is 3. The van der Waals surface area contributed by atoms with E-state index < -0.39 is 10.1 Å². The molecule has 0 aliphatic carbocycles. The molecule has 0 aliphatic heterocycles. The van der Waals surface area contributed by atoms with Gasteiger partial charge in [-0.25, -0.2) is 9.97 Å². The molecule has 30 heavy (non-hydrogen) atoms. The first-order valence-electron chi connectivity index (χ1n) is 9.63. The number of imidazole rings is 1. The second-order valence-corrected chi connectivity index (χ2v) is 8.49. The van der Waals surface area contributed by atoms with Crippen molar-refractivity contribution in [1.82, 2.24) is 15.0 Å². The number of aryl methyl sites for hydroxylation is 1. The van der Waals surface area contributed by atoms with Gasteiger partial charge in [0.25, 0.3) is 0 Å². The summed E-state index contributed by atoms with van der Waals surface area (Å²) in [5, 5.41) is 0.774. The Labute approximate surface area is 174 Å². The topological polar surface area (TPSA) is 120 Å². The van der Waals surface area contributed by atoms with E-state index in [0.29, 0.717) is 34.5 Å². The molecule has 0 atom stereocenters. The van der Waals surface area contributed by atoms with Crippen LogP contribution < -0.4 is 14.7 Å². The molecule has 0 unspecified atom stereocenters. The molecule has 2 heterocycles. The lowest BCUT2D eigenvalue weighted by molar-refractivity contribution is 0.316. The standard InChI is InChI=1S/C21H22N4O4S/c1-2-18-24-19-16-10-9-15(13-17(16)23-21(22)20(19)25-18)29-30(26,27)12-6-11-28-14-7-4-3-5-8-14/h3-5,7-10,13H,2,6,11-12H2,1H3,(H2,22,23)(H,24,25). The number of nitrogens with two attached hydrogens (primary N) is 1. The van der Waals surface area contributed by atoms with Gasteiger partial charge in [-0.05, 0) is 30.7 Å². The molecule has 4 aromatic rings. The number of hydrogen-bond donors (Lipinski definition) is 2. The fourth-order valence-electron chi connectivity index (χ4n) is 3.14. The number of nitrogens with zero attached hydrogens (tertiary/aromatic N) is 2. The fourth-order valence-corrected chi connectivity index (χ4v) is 4.09. The summed E-state index contributed by atoms with van der Waals surface area (Å²) in [5.74, 6) is 1.84. The Kier molecular flexibility index (Phi) is 5.45. The van der Waals surface area contributed by atoms with Gasteiger partial charge >= 0.3 is 10.1 Å². The van der Waals surface area contributed by atoms with Gasteiger partial charge in [0.05, 0.1) is 17.9 Å². The van der Waals surface area contributed by atoms with Crippen LogP contribution in [0.25, 0.3) is 21.9 Å². The Hall–Kier alpha value is -3.33. The third kappa shape index (κ3) is 4.30. The molecule has 0 amide bonds. The average Bonchev–Trinajstić information content (AvgIpc) is 3.17. The van der Waals surface area contributed by atoms with Crippen LogP contribution in [0.1, 0.15) is 19.2 Å². The van der Waals surface area contributed by atoms with E-state index in [-0.39, 0.29) is 18.1 Å². The van der Waals surface area contributed by atoms with Gasteiger partial charge in [-0.2, -0.15) is 8.42 Å². The van der Waals surface area contributed by atoms with Crippen molar-refractivity contribution >= 4 is 37.9 Å². The minimum Gasteiger partial charge on any atom is -0.494 e. The van der Waals surface area contributed by atoms with Crippen molar-refractivity contribution in [2.24, 2.45) is 0 Å². The predicted molar refractivity (Wildman–Crippen MR) is 116 cm³/mol. The van der Waals surface area contributed by atoms with E-state index in [4.69, 9.17) is 14.7 Å². The second kappa shape index (κ2) is 8.19. The van der Waals surface area contributed by atoms with E-state index >= 15 is 0 Å². The molecule has 2 aromatic carbocycles. The first kappa shape index (κ1) is 20.0. The van der Waals surface area contributed by atoms with Crippen LogP contribution in [0.5, 0.6) is 11.5 Å². The normalized spacial score (nSPS) is 11.8. The number of pyridine rings is 1. The average molecular weight is 426 g/mol. The molecular weight excluding hydrogens is 404 g/mol. The maximum atomic E-state index is 12.3. The number of H-pyrrole nitrogens is 1. The lowest BCUT2D eigenvalue weighted by Gasteiger charge is -2.09. The number of hydrogen-bond acceptors (Lipinski definition) is 7. The third-order valence-electron chi connectivity index (χ3n) is 4.58. The summed E-state index contributed by atoms with van der Waals surface area (Å²) in [5.41, 5.74) is 7.95. The van der Waals surface area contributed by atoms with E-state index in [1.165, 1.54) is 0 Å². The zero-order chi connectivity index (χ0) is 21.1. The smallest absolute Gasteiger partial charge is 0.309 e. The molecular formula is C21H22N4O4S. The fraction of sp³-hybridized carbons (Fsp3) is 0.238. The molecule has 0 fully saturated rings. The van der Waals surface area contributed by atoms with Crippen LogP contribution in [0, 0.1) is 0 Å². The van der Waals surface area contributed by atoms with Crippen LogP contribution in [0.2, 0.25) is 0 Å². The molecule has 3 N–H and O–H groups in total. The zero-order valence-electron chi connectivity index (χ0n) is 16.5. The van der Waals surface area contributed by atoms with Crippen molar-refractivity contribution in [2.45, 2.75) is 19.8 Å². The number of aromatic amines is 1. The largest absolute Gasteiger partial charge is 0.494 e. The Bertz CT molecular complexity index is 1290. The molecule has 156 valence electrons. The maximum absolute atomic E-state index is 12.3. The molecule has 2 aromatic heterocycles. The number of aromatic nitrogens is 3. The number of rotatable bonds is 8. The lowest BCUT2D eigenvalue weighted by Crippen LogP contribution is -2.16. The molecule has 8 nitrogen and oxygen atoms in total. The van der Waals surface area contributed by atoms with E-state index in [0.717, 1.165) is 17.6 Å². The number of ether oxygens (including phenoxy) is 1. The third-order valence-corrected chi connectivity index (χ3v) is 5.82. The summed E-state index contributed by atoms with van der Waals surface area (Å²) in [4.78, 5) is 12.1. The highest BCUT2D eigenvalue weighted by molar-refractivity contribution is 7.87.